The second-order valence-electron chi connectivity index (χ2n) is 6.42. The van der Waals surface area contributed by atoms with Crippen molar-refractivity contribution in [3.8, 4) is 11.5 Å². The molecule has 0 unspecified atom stereocenters. The van der Waals surface area contributed by atoms with Gasteiger partial charge in [0.2, 0.25) is 5.13 Å². The Kier molecular flexibility index (Phi) is 5.48. The molecule has 0 radical (unpaired) electrons. The van der Waals surface area contributed by atoms with Crippen molar-refractivity contribution in [1.29, 1.82) is 0 Å². The van der Waals surface area contributed by atoms with E-state index in [2.05, 4.69) is 20.5 Å². The predicted molar refractivity (Wildman–Crippen MR) is 106 cm³/mol. The van der Waals surface area contributed by atoms with Crippen molar-refractivity contribution in [2.75, 3.05) is 11.9 Å². The Morgan fingerprint density at radius 3 is 2.86 bits per heavy atom. The van der Waals surface area contributed by atoms with Crippen molar-refractivity contribution in [3.05, 3.63) is 58.9 Å². The summed E-state index contributed by atoms with van der Waals surface area (Å²) < 4.78 is 11.5. The van der Waals surface area contributed by atoms with E-state index in [9.17, 15) is 4.79 Å². The minimum absolute atomic E-state index is 0.252. The van der Waals surface area contributed by atoms with E-state index in [0.29, 0.717) is 41.3 Å². The third kappa shape index (κ3) is 4.45. The van der Waals surface area contributed by atoms with Gasteiger partial charge in [-0.2, -0.15) is 0 Å². The van der Waals surface area contributed by atoms with E-state index in [1.54, 1.807) is 30.6 Å². The molecule has 144 valence electrons. The summed E-state index contributed by atoms with van der Waals surface area (Å²) in [5, 5.41) is 12.5. The van der Waals surface area contributed by atoms with E-state index in [1.165, 1.54) is 11.3 Å². The molecule has 7 nitrogen and oxygen atoms in total. The second-order valence-corrected chi connectivity index (χ2v) is 7.43. The molecule has 1 aromatic carbocycles. The van der Waals surface area contributed by atoms with Crippen molar-refractivity contribution in [2.45, 2.75) is 32.3 Å². The number of benzene rings is 1. The summed E-state index contributed by atoms with van der Waals surface area (Å²) in [4.78, 5) is 16.7. The molecule has 1 saturated carbocycles. The highest BCUT2D eigenvalue weighted by Gasteiger charge is 2.27. The monoisotopic (exact) mass is 396 g/mol. The van der Waals surface area contributed by atoms with Crippen molar-refractivity contribution in [1.82, 2.24) is 15.2 Å². The summed E-state index contributed by atoms with van der Waals surface area (Å²) in [5.74, 6) is 1.37. The number of hydrogen-bond donors (Lipinski definition) is 1. The normalized spacial score (nSPS) is 13.2. The smallest absolute Gasteiger partial charge is 0.257 e. The highest BCUT2D eigenvalue weighted by molar-refractivity contribution is 7.15. The summed E-state index contributed by atoms with van der Waals surface area (Å²) >= 11 is 1.43. The van der Waals surface area contributed by atoms with E-state index in [-0.39, 0.29) is 5.91 Å². The van der Waals surface area contributed by atoms with Gasteiger partial charge in [-0.05, 0) is 44.0 Å². The number of aromatic nitrogens is 3. The van der Waals surface area contributed by atoms with Gasteiger partial charge in [0.15, 0.2) is 11.5 Å². The van der Waals surface area contributed by atoms with E-state index in [1.807, 2.05) is 19.1 Å². The molecule has 2 heterocycles. The summed E-state index contributed by atoms with van der Waals surface area (Å²) in [7, 11) is 0. The first kappa shape index (κ1) is 18.4. The van der Waals surface area contributed by atoms with Gasteiger partial charge in [-0.1, -0.05) is 17.4 Å². The number of hydrogen-bond acceptors (Lipinski definition) is 7. The zero-order valence-corrected chi connectivity index (χ0v) is 16.2. The van der Waals surface area contributed by atoms with Gasteiger partial charge in [-0.3, -0.25) is 15.1 Å². The van der Waals surface area contributed by atoms with Gasteiger partial charge >= 0.3 is 0 Å². The summed E-state index contributed by atoms with van der Waals surface area (Å²) in [6.07, 6.45) is 5.77. The fourth-order valence-corrected chi connectivity index (χ4v) is 3.54. The molecule has 1 N–H and O–H groups in total. The number of carbonyl (C=O) groups excluding carboxylic acids is 1. The zero-order chi connectivity index (χ0) is 19.3. The molecule has 0 saturated heterocycles. The van der Waals surface area contributed by atoms with Crippen molar-refractivity contribution in [2.24, 2.45) is 0 Å². The average molecular weight is 396 g/mol. The van der Waals surface area contributed by atoms with Crippen LogP contribution in [0.15, 0.2) is 42.7 Å². The zero-order valence-electron chi connectivity index (χ0n) is 15.4. The number of carbonyl (C=O) groups is 1. The van der Waals surface area contributed by atoms with Crippen LogP contribution in [-0.4, -0.2) is 27.7 Å². The third-order valence-corrected chi connectivity index (χ3v) is 5.21. The second kappa shape index (κ2) is 8.35. The fraction of sp³-hybridized carbons (Fsp3) is 0.300. The molecule has 3 aromatic rings. The molecular weight excluding hydrogens is 376 g/mol. The van der Waals surface area contributed by atoms with Crippen LogP contribution in [0, 0.1) is 0 Å². The first-order chi connectivity index (χ1) is 13.7. The largest absolute Gasteiger partial charge is 0.490 e. The van der Waals surface area contributed by atoms with Gasteiger partial charge in [0.25, 0.3) is 5.91 Å². The predicted octanol–water partition coefficient (Wildman–Crippen LogP) is 4.04. The number of anilines is 1. The molecule has 1 aliphatic carbocycles. The van der Waals surface area contributed by atoms with Crippen molar-refractivity contribution >= 4 is 22.4 Å². The Hall–Kier alpha value is -3.00. The number of pyridine rings is 1. The molecule has 0 aliphatic heterocycles. The van der Waals surface area contributed by atoms with Gasteiger partial charge in [-0.25, -0.2) is 0 Å². The first-order valence-electron chi connectivity index (χ1n) is 9.16. The summed E-state index contributed by atoms with van der Waals surface area (Å²) in [6.45, 7) is 2.72. The molecule has 1 aliphatic rings. The minimum Gasteiger partial charge on any atom is -0.490 e. The quantitative estimate of drug-likeness (QED) is 0.618. The number of ether oxygens (including phenoxy) is 2. The Balaban J connectivity index is 1.45. The molecule has 28 heavy (non-hydrogen) atoms. The molecule has 1 fully saturated rings. The van der Waals surface area contributed by atoms with Gasteiger partial charge in [0, 0.05) is 29.4 Å². The lowest BCUT2D eigenvalue weighted by Crippen LogP contribution is -2.12. The minimum atomic E-state index is -0.252. The van der Waals surface area contributed by atoms with E-state index < -0.39 is 0 Å². The lowest BCUT2D eigenvalue weighted by atomic mass is 10.2. The van der Waals surface area contributed by atoms with Crippen molar-refractivity contribution in [3.63, 3.8) is 0 Å². The van der Waals surface area contributed by atoms with Crippen molar-refractivity contribution < 1.29 is 14.3 Å². The third-order valence-electron chi connectivity index (χ3n) is 4.21. The fourth-order valence-electron chi connectivity index (χ4n) is 2.63. The number of nitrogens with one attached hydrogen (secondary N) is 1. The first-order valence-corrected chi connectivity index (χ1v) is 9.98. The molecule has 0 bridgehead atoms. The molecule has 0 atom stereocenters. The maximum Gasteiger partial charge on any atom is 0.257 e. The van der Waals surface area contributed by atoms with Crippen LogP contribution in [-0.2, 0) is 6.61 Å². The topological polar surface area (TPSA) is 86.2 Å². The number of nitrogens with zero attached hydrogens (tertiary/aromatic N) is 3. The van der Waals surface area contributed by atoms with Gasteiger partial charge < -0.3 is 9.47 Å². The molecule has 8 heteroatoms. The van der Waals surface area contributed by atoms with Crippen LogP contribution in [0.1, 0.15) is 46.6 Å². The molecular formula is C20H20N4O3S. The van der Waals surface area contributed by atoms with Crippen LogP contribution < -0.4 is 14.8 Å². The van der Waals surface area contributed by atoms with Crippen LogP contribution in [0.4, 0.5) is 5.13 Å². The maximum absolute atomic E-state index is 12.6. The summed E-state index contributed by atoms with van der Waals surface area (Å²) in [5.41, 5.74) is 1.43. The highest BCUT2D eigenvalue weighted by atomic mass is 32.1. The van der Waals surface area contributed by atoms with E-state index in [0.717, 1.165) is 23.4 Å². The standard InChI is InChI=1S/C20H20N4O3S/c1-2-26-17-10-15(7-8-16(17)27-12-13-4-3-9-21-11-13)18(25)22-20-24-23-19(28-20)14-5-6-14/h3-4,7-11,14H,2,5-6,12H2,1H3,(H,22,24,25). The van der Waals surface area contributed by atoms with Crippen LogP contribution >= 0.6 is 11.3 Å². The van der Waals surface area contributed by atoms with Crippen LogP contribution in [0.2, 0.25) is 0 Å². The van der Waals surface area contributed by atoms with E-state index >= 15 is 0 Å². The van der Waals surface area contributed by atoms with Crippen LogP contribution in [0.3, 0.4) is 0 Å². The number of rotatable bonds is 8. The van der Waals surface area contributed by atoms with Crippen LogP contribution in [0.5, 0.6) is 11.5 Å². The Morgan fingerprint density at radius 1 is 1.21 bits per heavy atom. The van der Waals surface area contributed by atoms with Gasteiger partial charge in [-0.15, -0.1) is 10.2 Å². The Labute approximate surface area is 166 Å². The SMILES string of the molecule is CCOc1cc(C(=O)Nc2nnc(C3CC3)s2)ccc1OCc1cccnc1. The Bertz CT molecular complexity index is 957. The van der Waals surface area contributed by atoms with Crippen LogP contribution in [0.25, 0.3) is 0 Å². The summed E-state index contributed by atoms with van der Waals surface area (Å²) in [6, 6.07) is 8.93. The lowest BCUT2D eigenvalue weighted by Gasteiger charge is -2.13. The average Bonchev–Trinajstić information content (AvgIpc) is 3.47. The van der Waals surface area contributed by atoms with Gasteiger partial charge in [0.1, 0.15) is 11.6 Å². The molecule has 2 aromatic heterocycles. The molecule has 1 amide bonds. The Morgan fingerprint density at radius 2 is 2.11 bits per heavy atom. The molecule has 4 rings (SSSR count). The van der Waals surface area contributed by atoms with E-state index in [4.69, 9.17) is 9.47 Å². The highest BCUT2D eigenvalue weighted by Crippen LogP contribution is 2.42. The molecule has 0 spiro atoms. The lowest BCUT2D eigenvalue weighted by molar-refractivity contribution is 0.102. The van der Waals surface area contributed by atoms with Gasteiger partial charge in [0.05, 0.1) is 6.61 Å². The number of amides is 1. The maximum atomic E-state index is 12.6.